The molecular weight excluding hydrogens is 278 g/mol. The smallest absolute Gasteiger partial charge is 0.0395 e. The van der Waals surface area contributed by atoms with Gasteiger partial charge in [0.1, 0.15) is 0 Å². The summed E-state index contributed by atoms with van der Waals surface area (Å²) in [6.07, 6.45) is 2.18. The van der Waals surface area contributed by atoms with Crippen molar-refractivity contribution in [2.24, 2.45) is 4.99 Å². The molecule has 0 heterocycles. The van der Waals surface area contributed by atoms with Gasteiger partial charge in [-0.2, -0.15) is 0 Å². The minimum atomic E-state index is 0.878. The Kier molecular flexibility index (Phi) is 4.87. The van der Waals surface area contributed by atoms with E-state index in [4.69, 9.17) is 4.99 Å². The molecule has 3 aromatic carbocycles. The average molecular weight is 301 g/mol. The summed E-state index contributed by atoms with van der Waals surface area (Å²) in [5, 5.41) is 2.56. The molecule has 0 N–H and O–H groups in total. The maximum absolute atomic E-state index is 4.80. The van der Waals surface area contributed by atoms with Crippen LogP contribution in [-0.2, 0) is 6.42 Å². The lowest BCUT2D eigenvalue weighted by Crippen LogP contribution is -1.98. The number of rotatable bonds is 5. The van der Waals surface area contributed by atoms with E-state index in [1.807, 2.05) is 0 Å². The average Bonchev–Trinajstić information content (AvgIpc) is 2.58. The summed E-state index contributed by atoms with van der Waals surface area (Å²) in [5.41, 5.74) is 5.12. The Hall–Kier alpha value is -2.41. The summed E-state index contributed by atoms with van der Waals surface area (Å²) in [4.78, 5) is 4.80. The molecule has 0 saturated carbocycles. The van der Waals surface area contributed by atoms with Gasteiger partial charge in [0.05, 0.1) is 0 Å². The highest BCUT2D eigenvalue weighted by molar-refractivity contribution is 6.09. The first-order valence-electron chi connectivity index (χ1n) is 8.29. The van der Waals surface area contributed by atoms with Crippen LogP contribution in [0, 0.1) is 6.92 Å². The lowest BCUT2D eigenvalue weighted by molar-refractivity contribution is 0.832. The molecule has 116 valence electrons. The minimum Gasteiger partial charge on any atom is -0.289 e. The van der Waals surface area contributed by atoms with E-state index in [0.29, 0.717) is 0 Å². The van der Waals surface area contributed by atoms with Crippen LogP contribution in [-0.4, -0.2) is 12.3 Å². The quantitative estimate of drug-likeness (QED) is 0.430. The van der Waals surface area contributed by atoms with Gasteiger partial charge in [-0.3, -0.25) is 4.99 Å². The molecule has 0 fully saturated rings. The first kappa shape index (κ1) is 15.5. The van der Waals surface area contributed by atoms with Gasteiger partial charge in [-0.15, -0.1) is 0 Å². The van der Waals surface area contributed by atoms with Crippen LogP contribution in [0.5, 0.6) is 0 Å². The van der Waals surface area contributed by atoms with Crippen molar-refractivity contribution < 1.29 is 0 Å². The third-order valence-corrected chi connectivity index (χ3v) is 4.23. The highest BCUT2D eigenvalue weighted by Crippen LogP contribution is 2.19. The van der Waals surface area contributed by atoms with Crippen LogP contribution in [0.15, 0.2) is 71.7 Å². The van der Waals surface area contributed by atoms with Crippen molar-refractivity contribution in [2.75, 3.05) is 6.54 Å². The molecule has 0 aliphatic rings. The molecule has 0 aliphatic heterocycles. The third-order valence-electron chi connectivity index (χ3n) is 4.23. The Morgan fingerprint density at radius 2 is 1.70 bits per heavy atom. The number of hydrogen-bond donors (Lipinski definition) is 0. The second kappa shape index (κ2) is 7.23. The van der Waals surface area contributed by atoms with Crippen LogP contribution < -0.4 is 0 Å². The second-order valence-electron chi connectivity index (χ2n) is 6.09. The summed E-state index contributed by atoms with van der Waals surface area (Å²) in [6.45, 7) is 5.14. The number of hydrogen-bond acceptors (Lipinski definition) is 1. The zero-order valence-corrected chi connectivity index (χ0v) is 13.9. The maximum atomic E-state index is 4.80. The van der Waals surface area contributed by atoms with E-state index in [1.165, 1.54) is 27.5 Å². The molecule has 0 amide bonds. The Labute approximate surface area is 138 Å². The van der Waals surface area contributed by atoms with E-state index in [2.05, 4.69) is 80.6 Å². The molecule has 0 radical (unpaired) electrons. The van der Waals surface area contributed by atoms with Crippen molar-refractivity contribution in [2.45, 2.75) is 26.7 Å². The molecule has 0 saturated heterocycles. The van der Waals surface area contributed by atoms with Crippen LogP contribution in [0.1, 0.15) is 30.0 Å². The summed E-state index contributed by atoms with van der Waals surface area (Å²) in [7, 11) is 0. The third kappa shape index (κ3) is 3.87. The van der Waals surface area contributed by atoms with Gasteiger partial charge in [-0.1, -0.05) is 72.3 Å². The molecule has 0 aliphatic carbocycles. The molecule has 0 bridgehead atoms. The van der Waals surface area contributed by atoms with Gasteiger partial charge in [0.25, 0.3) is 0 Å². The van der Waals surface area contributed by atoms with E-state index in [0.717, 1.165) is 25.1 Å². The fraction of sp³-hybridized carbons (Fsp3) is 0.227. The van der Waals surface area contributed by atoms with Crippen LogP contribution in [0.2, 0.25) is 0 Å². The van der Waals surface area contributed by atoms with Gasteiger partial charge in [0.2, 0.25) is 0 Å². The van der Waals surface area contributed by atoms with Crippen molar-refractivity contribution >= 4 is 16.5 Å². The van der Waals surface area contributed by atoms with Gasteiger partial charge in [0.15, 0.2) is 0 Å². The molecule has 0 unspecified atom stereocenters. The largest absolute Gasteiger partial charge is 0.289 e. The van der Waals surface area contributed by atoms with Crippen molar-refractivity contribution in [3.05, 3.63) is 83.4 Å². The SMILES string of the molecule is C/C(=N\CCCc1cccc(C)c1)c1cccc2ccccc12. The van der Waals surface area contributed by atoms with Crippen LogP contribution in [0.3, 0.4) is 0 Å². The van der Waals surface area contributed by atoms with Gasteiger partial charge >= 0.3 is 0 Å². The molecule has 1 heteroatoms. The fourth-order valence-corrected chi connectivity index (χ4v) is 3.02. The molecule has 0 aromatic heterocycles. The van der Waals surface area contributed by atoms with Crippen molar-refractivity contribution in [1.82, 2.24) is 0 Å². The summed E-state index contributed by atoms with van der Waals surface area (Å²) in [6, 6.07) is 23.7. The predicted octanol–water partition coefficient (Wildman–Crippen LogP) is 5.59. The van der Waals surface area contributed by atoms with E-state index < -0.39 is 0 Å². The number of aliphatic imine (C=N–C) groups is 1. The molecular formula is C22H23N. The summed E-state index contributed by atoms with van der Waals surface area (Å²) >= 11 is 0. The highest BCUT2D eigenvalue weighted by atomic mass is 14.7. The maximum Gasteiger partial charge on any atom is 0.0395 e. The Morgan fingerprint density at radius 1 is 0.913 bits per heavy atom. The zero-order chi connectivity index (χ0) is 16.1. The van der Waals surface area contributed by atoms with Crippen molar-refractivity contribution in [3.63, 3.8) is 0 Å². The van der Waals surface area contributed by atoms with Gasteiger partial charge in [0, 0.05) is 17.8 Å². The molecule has 0 spiro atoms. The number of nitrogens with zero attached hydrogens (tertiary/aromatic N) is 1. The van der Waals surface area contributed by atoms with E-state index in [9.17, 15) is 0 Å². The van der Waals surface area contributed by atoms with E-state index >= 15 is 0 Å². The molecule has 3 rings (SSSR count). The Bertz CT molecular complexity index is 825. The lowest BCUT2D eigenvalue weighted by Gasteiger charge is -2.07. The summed E-state index contributed by atoms with van der Waals surface area (Å²) < 4.78 is 0. The van der Waals surface area contributed by atoms with Crippen LogP contribution in [0.25, 0.3) is 10.8 Å². The van der Waals surface area contributed by atoms with Crippen molar-refractivity contribution in [3.8, 4) is 0 Å². The van der Waals surface area contributed by atoms with E-state index in [1.54, 1.807) is 0 Å². The number of benzene rings is 3. The number of fused-ring (bicyclic) bond motifs is 1. The molecule has 0 atom stereocenters. The second-order valence-corrected chi connectivity index (χ2v) is 6.09. The van der Waals surface area contributed by atoms with Gasteiger partial charge < -0.3 is 0 Å². The van der Waals surface area contributed by atoms with Gasteiger partial charge in [-0.05, 0) is 43.0 Å². The number of aryl methyl sites for hydroxylation is 2. The lowest BCUT2D eigenvalue weighted by atomic mass is 10.0. The first-order chi connectivity index (χ1) is 11.2. The topological polar surface area (TPSA) is 12.4 Å². The zero-order valence-electron chi connectivity index (χ0n) is 13.9. The Morgan fingerprint density at radius 3 is 2.57 bits per heavy atom. The monoisotopic (exact) mass is 301 g/mol. The summed E-state index contributed by atoms with van der Waals surface area (Å²) in [5.74, 6) is 0. The fourth-order valence-electron chi connectivity index (χ4n) is 3.02. The normalized spacial score (nSPS) is 11.8. The standard InChI is InChI=1S/C22H23N/c1-17-8-5-9-19(16-17)10-7-15-23-18(2)21-14-6-12-20-11-3-4-13-22(20)21/h3-6,8-9,11-14,16H,7,10,15H2,1-2H3/b23-18+. The van der Waals surface area contributed by atoms with Crippen molar-refractivity contribution in [1.29, 1.82) is 0 Å². The Balaban J connectivity index is 1.67. The predicted molar refractivity (Wildman–Crippen MR) is 101 cm³/mol. The van der Waals surface area contributed by atoms with E-state index in [-0.39, 0.29) is 0 Å². The molecule has 23 heavy (non-hydrogen) atoms. The molecule has 3 aromatic rings. The molecule has 1 nitrogen and oxygen atoms in total. The first-order valence-corrected chi connectivity index (χ1v) is 8.29. The van der Waals surface area contributed by atoms with Gasteiger partial charge in [-0.25, -0.2) is 0 Å². The van der Waals surface area contributed by atoms with Crippen LogP contribution in [0.4, 0.5) is 0 Å². The minimum absolute atomic E-state index is 0.878. The highest BCUT2D eigenvalue weighted by Gasteiger charge is 2.03. The van der Waals surface area contributed by atoms with Crippen LogP contribution >= 0.6 is 0 Å².